The van der Waals surface area contributed by atoms with E-state index in [1.807, 2.05) is 48.5 Å². The molecule has 2 unspecified atom stereocenters. The highest BCUT2D eigenvalue weighted by Crippen LogP contribution is 2.44. The molecule has 2 aliphatic rings. The standard InChI is InChI=1S/C23H23N3O7/c27-20(28)10-9-18(21(29)24-19-12-33-26-22(19)30)25-23(31)32-11-17-15-7-3-1-5-13(15)14-6-2-4-8-16(14)17/h1-8,17-19H,9-12H2,(H,24,29)(H,25,31)(H,26,30)(H,27,28). The number of aliphatic carboxylic acids is 1. The molecule has 2 aromatic rings. The van der Waals surface area contributed by atoms with Crippen LogP contribution in [0.15, 0.2) is 48.5 Å². The molecule has 4 N–H and O–H groups in total. The summed E-state index contributed by atoms with van der Waals surface area (Å²) in [7, 11) is 0. The van der Waals surface area contributed by atoms with Gasteiger partial charge in [0.05, 0.1) is 0 Å². The molecule has 1 aliphatic carbocycles. The largest absolute Gasteiger partial charge is 0.481 e. The second-order valence-corrected chi connectivity index (χ2v) is 7.79. The summed E-state index contributed by atoms with van der Waals surface area (Å²) in [5.74, 6) is -2.50. The van der Waals surface area contributed by atoms with Crippen LogP contribution in [0.25, 0.3) is 11.1 Å². The minimum Gasteiger partial charge on any atom is -0.481 e. The van der Waals surface area contributed by atoms with Gasteiger partial charge in [-0.15, -0.1) is 0 Å². The molecule has 2 atom stereocenters. The van der Waals surface area contributed by atoms with Crippen LogP contribution in [0.4, 0.5) is 4.79 Å². The van der Waals surface area contributed by atoms with Gasteiger partial charge in [-0.25, -0.2) is 10.3 Å². The van der Waals surface area contributed by atoms with E-state index in [0.29, 0.717) is 0 Å². The molecule has 1 fully saturated rings. The van der Waals surface area contributed by atoms with Crippen molar-refractivity contribution >= 4 is 23.9 Å². The summed E-state index contributed by atoms with van der Waals surface area (Å²) >= 11 is 0. The van der Waals surface area contributed by atoms with Crippen LogP contribution in [-0.4, -0.2) is 54.3 Å². The van der Waals surface area contributed by atoms with Crippen LogP contribution in [0.1, 0.15) is 29.9 Å². The Labute approximate surface area is 189 Å². The molecule has 172 valence electrons. The van der Waals surface area contributed by atoms with Crippen LogP contribution in [0, 0.1) is 0 Å². The van der Waals surface area contributed by atoms with Crippen molar-refractivity contribution in [1.29, 1.82) is 0 Å². The molecule has 0 bridgehead atoms. The number of fused-ring (bicyclic) bond motifs is 3. The monoisotopic (exact) mass is 453 g/mol. The average molecular weight is 453 g/mol. The maximum absolute atomic E-state index is 12.6. The lowest BCUT2D eigenvalue weighted by molar-refractivity contribution is -0.137. The molecule has 0 radical (unpaired) electrons. The first-order valence-electron chi connectivity index (χ1n) is 10.5. The number of alkyl carbamates (subject to hydrolysis) is 1. The fourth-order valence-corrected chi connectivity index (χ4v) is 4.04. The molecule has 10 nitrogen and oxygen atoms in total. The summed E-state index contributed by atoms with van der Waals surface area (Å²) in [5.41, 5.74) is 6.36. The lowest BCUT2D eigenvalue weighted by Gasteiger charge is -2.20. The number of nitrogens with one attached hydrogen (secondary N) is 3. The number of hydrogen-bond donors (Lipinski definition) is 4. The van der Waals surface area contributed by atoms with E-state index < -0.39 is 36.0 Å². The molecule has 0 aromatic heterocycles. The molecule has 33 heavy (non-hydrogen) atoms. The number of benzene rings is 2. The Kier molecular flexibility index (Phi) is 6.55. The van der Waals surface area contributed by atoms with Gasteiger partial charge >= 0.3 is 12.1 Å². The van der Waals surface area contributed by atoms with Gasteiger partial charge in [0.1, 0.15) is 25.3 Å². The number of hydroxylamine groups is 1. The van der Waals surface area contributed by atoms with E-state index in [9.17, 15) is 19.2 Å². The van der Waals surface area contributed by atoms with Gasteiger partial charge in [-0.1, -0.05) is 48.5 Å². The number of carbonyl (C=O) groups is 4. The van der Waals surface area contributed by atoms with Gasteiger partial charge in [-0.3, -0.25) is 19.2 Å². The van der Waals surface area contributed by atoms with Crippen LogP contribution >= 0.6 is 0 Å². The number of rotatable bonds is 8. The zero-order chi connectivity index (χ0) is 23.4. The molecule has 10 heteroatoms. The summed E-state index contributed by atoms with van der Waals surface area (Å²) in [6.07, 6.45) is -1.37. The van der Waals surface area contributed by atoms with Crippen molar-refractivity contribution in [2.45, 2.75) is 30.8 Å². The number of carboxylic acid groups (broad SMARTS) is 1. The molecule has 1 aliphatic heterocycles. The smallest absolute Gasteiger partial charge is 0.407 e. The van der Waals surface area contributed by atoms with Gasteiger partial charge in [0.15, 0.2) is 0 Å². The Morgan fingerprint density at radius 2 is 1.73 bits per heavy atom. The number of carboxylic acids is 1. The third-order valence-electron chi connectivity index (χ3n) is 5.65. The van der Waals surface area contributed by atoms with Gasteiger partial charge < -0.3 is 20.5 Å². The lowest BCUT2D eigenvalue weighted by Crippen LogP contribution is -2.52. The SMILES string of the molecule is O=C(O)CCC(NC(=O)OCC1c2ccccc2-c2ccccc21)C(=O)NC1CONC1=O. The highest BCUT2D eigenvalue weighted by Gasteiger charge is 2.32. The molecule has 3 amide bonds. The zero-order valence-corrected chi connectivity index (χ0v) is 17.6. The van der Waals surface area contributed by atoms with Crippen molar-refractivity contribution in [2.24, 2.45) is 0 Å². The topological polar surface area (TPSA) is 143 Å². The highest BCUT2D eigenvalue weighted by atomic mass is 16.7. The van der Waals surface area contributed by atoms with E-state index in [2.05, 4.69) is 16.1 Å². The molecular formula is C23H23N3O7. The second-order valence-electron chi connectivity index (χ2n) is 7.79. The van der Waals surface area contributed by atoms with Crippen LogP contribution in [0.3, 0.4) is 0 Å². The predicted octanol–water partition coefficient (Wildman–Crippen LogP) is 1.30. The first-order valence-corrected chi connectivity index (χ1v) is 10.5. The second kappa shape index (κ2) is 9.70. The Bertz CT molecular complexity index is 1040. The van der Waals surface area contributed by atoms with Crippen molar-refractivity contribution in [2.75, 3.05) is 13.2 Å². The summed E-state index contributed by atoms with van der Waals surface area (Å²) in [6, 6.07) is 13.6. The minimum atomic E-state index is -1.19. The number of carbonyl (C=O) groups excluding carboxylic acids is 3. The minimum absolute atomic E-state index is 0.0476. The van der Waals surface area contributed by atoms with E-state index >= 15 is 0 Å². The average Bonchev–Trinajstić information content (AvgIpc) is 3.35. The maximum atomic E-state index is 12.6. The summed E-state index contributed by atoms with van der Waals surface area (Å²) < 4.78 is 5.44. The molecule has 4 rings (SSSR count). The number of ether oxygens (including phenoxy) is 1. The van der Waals surface area contributed by atoms with Crippen molar-refractivity contribution in [1.82, 2.24) is 16.1 Å². The van der Waals surface area contributed by atoms with Gasteiger partial charge in [0, 0.05) is 12.3 Å². The fraction of sp³-hybridized carbons (Fsp3) is 0.304. The molecule has 1 heterocycles. The van der Waals surface area contributed by atoms with Crippen molar-refractivity contribution < 1.29 is 33.9 Å². The van der Waals surface area contributed by atoms with Crippen molar-refractivity contribution in [3.05, 3.63) is 59.7 Å². The summed E-state index contributed by atoms with van der Waals surface area (Å²) in [4.78, 5) is 52.4. The summed E-state index contributed by atoms with van der Waals surface area (Å²) in [5, 5.41) is 13.8. The zero-order valence-electron chi connectivity index (χ0n) is 17.6. The first-order chi connectivity index (χ1) is 15.9. The molecular weight excluding hydrogens is 430 g/mol. The van der Waals surface area contributed by atoms with Crippen LogP contribution in [0.5, 0.6) is 0 Å². The maximum Gasteiger partial charge on any atom is 0.407 e. The van der Waals surface area contributed by atoms with E-state index in [4.69, 9.17) is 14.7 Å². The van der Waals surface area contributed by atoms with E-state index in [0.717, 1.165) is 22.3 Å². The normalized spacial score (nSPS) is 17.5. The Morgan fingerprint density at radius 1 is 1.09 bits per heavy atom. The van der Waals surface area contributed by atoms with Crippen LogP contribution < -0.4 is 16.1 Å². The van der Waals surface area contributed by atoms with E-state index in [-0.39, 0.29) is 32.0 Å². The lowest BCUT2D eigenvalue weighted by atomic mass is 9.98. The van der Waals surface area contributed by atoms with Crippen LogP contribution in [0.2, 0.25) is 0 Å². The number of hydrogen-bond acceptors (Lipinski definition) is 6. The molecule has 1 saturated heterocycles. The molecule has 2 aromatic carbocycles. The summed E-state index contributed by atoms with van der Waals surface area (Å²) in [6.45, 7) is -0.0207. The predicted molar refractivity (Wildman–Crippen MR) is 115 cm³/mol. The third kappa shape index (κ3) is 4.96. The fourth-order valence-electron chi connectivity index (χ4n) is 4.04. The Hall–Kier alpha value is -3.92. The first kappa shape index (κ1) is 22.3. The van der Waals surface area contributed by atoms with Crippen LogP contribution in [-0.2, 0) is 24.0 Å². The van der Waals surface area contributed by atoms with Gasteiger partial charge in [-0.05, 0) is 28.7 Å². The Balaban J connectivity index is 1.40. The van der Waals surface area contributed by atoms with Crippen molar-refractivity contribution in [3.8, 4) is 11.1 Å². The number of amides is 3. The third-order valence-corrected chi connectivity index (χ3v) is 5.65. The van der Waals surface area contributed by atoms with Gasteiger partial charge in [-0.2, -0.15) is 0 Å². The van der Waals surface area contributed by atoms with Crippen molar-refractivity contribution in [3.63, 3.8) is 0 Å². The van der Waals surface area contributed by atoms with Gasteiger partial charge in [0.25, 0.3) is 5.91 Å². The quantitative estimate of drug-likeness (QED) is 0.472. The Morgan fingerprint density at radius 3 is 2.30 bits per heavy atom. The van der Waals surface area contributed by atoms with E-state index in [1.165, 1.54) is 0 Å². The van der Waals surface area contributed by atoms with Gasteiger partial charge in [0.2, 0.25) is 5.91 Å². The molecule has 0 saturated carbocycles. The highest BCUT2D eigenvalue weighted by molar-refractivity contribution is 5.92. The van der Waals surface area contributed by atoms with E-state index in [1.54, 1.807) is 0 Å². The molecule has 0 spiro atoms.